The molecular formula is C19H19N3O3. The van der Waals surface area contributed by atoms with Crippen molar-refractivity contribution in [2.75, 3.05) is 11.9 Å². The minimum atomic E-state index is -1.01. The molecule has 0 saturated heterocycles. The number of carboxylic acids is 1. The number of aliphatic carboxylic acids is 1. The Hall–Kier alpha value is -2.99. The molecule has 1 aromatic carbocycles. The molecule has 1 aliphatic rings. The maximum absolute atomic E-state index is 12.1. The second kappa shape index (κ2) is 7.27. The fourth-order valence-corrected chi connectivity index (χ4v) is 2.76. The van der Waals surface area contributed by atoms with Gasteiger partial charge in [-0.3, -0.25) is 9.69 Å². The van der Waals surface area contributed by atoms with E-state index in [4.69, 9.17) is 5.11 Å². The average Bonchev–Trinajstić information content (AvgIpc) is 2.72. The monoisotopic (exact) mass is 337 g/mol. The first-order chi connectivity index (χ1) is 12.0. The smallest absolute Gasteiger partial charge is 0.328 e. The van der Waals surface area contributed by atoms with E-state index in [0.717, 1.165) is 17.2 Å². The van der Waals surface area contributed by atoms with Gasteiger partial charge in [-0.25, -0.2) is 9.78 Å². The van der Waals surface area contributed by atoms with Gasteiger partial charge in [0.15, 0.2) is 0 Å². The van der Waals surface area contributed by atoms with E-state index in [-0.39, 0.29) is 12.5 Å². The number of aryl methyl sites for hydroxylation is 1. The number of carboxylic acid groups (broad SMARTS) is 1. The van der Waals surface area contributed by atoms with Gasteiger partial charge in [-0.05, 0) is 30.2 Å². The Morgan fingerprint density at radius 2 is 2.08 bits per heavy atom. The summed E-state index contributed by atoms with van der Waals surface area (Å²) < 4.78 is 0. The number of nitrogens with zero attached hydrogens (tertiary/aromatic N) is 2. The van der Waals surface area contributed by atoms with Crippen molar-refractivity contribution in [3.63, 3.8) is 0 Å². The van der Waals surface area contributed by atoms with Crippen molar-refractivity contribution in [3.05, 3.63) is 64.9 Å². The number of nitrogens with one attached hydrogen (secondary N) is 1. The van der Waals surface area contributed by atoms with Crippen molar-refractivity contribution in [1.29, 1.82) is 0 Å². The van der Waals surface area contributed by atoms with Crippen LogP contribution in [0.5, 0.6) is 0 Å². The number of amides is 1. The molecule has 1 amide bonds. The zero-order chi connectivity index (χ0) is 17.8. The summed E-state index contributed by atoms with van der Waals surface area (Å²) in [6.07, 6.45) is 4.11. The lowest BCUT2D eigenvalue weighted by Gasteiger charge is -2.19. The van der Waals surface area contributed by atoms with Crippen LogP contribution in [0.2, 0.25) is 0 Å². The van der Waals surface area contributed by atoms with Crippen LogP contribution in [0.3, 0.4) is 0 Å². The Morgan fingerprint density at radius 3 is 2.80 bits per heavy atom. The van der Waals surface area contributed by atoms with Crippen molar-refractivity contribution in [3.8, 4) is 0 Å². The topological polar surface area (TPSA) is 82.5 Å². The third kappa shape index (κ3) is 4.51. The Kier molecular flexibility index (Phi) is 4.90. The summed E-state index contributed by atoms with van der Waals surface area (Å²) in [5.74, 6) is -0.583. The van der Waals surface area contributed by atoms with E-state index in [9.17, 15) is 9.59 Å². The first kappa shape index (κ1) is 16.9. The van der Waals surface area contributed by atoms with Gasteiger partial charge in [0.1, 0.15) is 5.82 Å². The number of carbonyl (C=O) groups is 2. The van der Waals surface area contributed by atoms with Crippen LogP contribution < -0.4 is 5.32 Å². The number of hydrogen-bond donors (Lipinski definition) is 2. The molecule has 0 radical (unpaired) electrons. The summed E-state index contributed by atoms with van der Waals surface area (Å²) in [5, 5.41) is 11.6. The third-order valence-corrected chi connectivity index (χ3v) is 3.95. The highest BCUT2D eigenvalue weighted by Crippen LogP contribution is 2.21. The number of aromatic nitrogens is 1. The average molecular weight is 337 g/mol. The molecule has 3 rings (SSSR count). The fraction of sp³-hybridized carbons (Fsp3) is 0.211. The van der Waals surface area contributed by atoms with Crippen LogP contribution in [0.25, 0.3) is 6.08 Å². The SMILES string of the molecule is Cc1ccc(CN2CC(=O)Nc3ncc(/C=C/C(=O)O)cc3C2)cc1. The zero-order valence-electron chi connectivity index (χ0n) is 13.9. The number of hydrogen-bond acceptors (Lipinski definition) is 4. The van der Waals surface area contributed by atoms with Gasteiger partial charge in [0, 0.05) is 30.9 Å². The summed E-state index contributed by atoms with van der Waals surface area (Å²) in [4.78, 5) is 29.1. The predicted molar refractivity (Wildman–Crippen MR) is 94.8 cm³/mol. The second-order valence-electron chi connectivity index (χ2n) is 6.13. The van der Waals surface area contributed by atoms with Crippen LogP contribution in [0.4, 0.5) is 5.82 Å². The summed E-state index contributed by atoms with van der Waals surface area (Å²) >= 11 is 0. The maximum Gasteiger partial charge on any atom is 0.328 e. The quantitative estimate of drug-likeness (QED) is 0.838. The minimum Gasteiger partial charge on any atom is -0.478 e. The predicted octanol–water partition coefficient (Wildman–Crippen LogP) is 2.44. The van der Waals surface area contributed by atoms with Crippen LogP contribution in [0.15, 0.2) is 42.6 Å². The van der Waals surface area contributed by atoms with Crippen molar-refractivity contribution in [2.45, 2.75) is 20.0 Å². The lowest BCUT2D eigenvalue weighted by atomic mass is 10.1. The first-order valence-corrected chi connectivity index (χ1v) is 7.97. The summed E-state index contributed by atoms with van der Waals surface area (Å²) in [6, 6.07) is 10.1. The van der Waals surface area contributed by atoms with Crippen molar-refractivity contribution in [1.82, 2.24) is 9.88 Å². The molecule has 6 nitrogen and oxygen atoms in total. The molecule has 1 aromatic heterocycles. The van der Waals surface area contributed by atoms with Crippen molar-refractivity contribution < 1.29 is 14.7 Å². The van der Waals surface area contributed by atoms with Gasteiger partial charge in [0.25, 0.3) is 0 Å². The van der Waals surface area contributed by atoms with Gasteiger partial charge in [-0.2, -0.15) is 0 Å². The highest BCUT2D eigenvalue weighted by molar-refractivity contribution is 5.93. The Bertz CT molecular complexity index is 828. The molecule has 0 atom stereocenters. The molecule has 2 heterocycles. The summed E-state index contributed by atoms with van der Waals surface area (Å²) in [7, 11) is 0. The Morgan fingerprint density at radius 1 is 1.32 bits per heavy atom. The lowest BCUT2D eigenvalue weighted by molar-refractivity contribution is -0.131. The number of pyridine rings is 1. The number of rotatable bonds is 4. The molecule has 0 spiro atoms. The highest BCUT2D eigenvalue weighted by Gasteiger charge is 2.20. The molecule has 0 fully saturated rings. The number of anilines is 1. The number of carbonyl (C=O) groups excluding carboxylic acids is 1. The standard InChI is InChI=1S/C19H19N3O3/c1-13-2-4-14(5-3-13)10-22-11-16-8-15(6-7-18(24)25)9-20-19(16)21-17(23)12-22/h2-9H,10-12H2,1H3,(H,24,25)(H,20,21,23)/b7-6+. The van der Waals surface area contributed by atoms with E-state index in [0.29, 0.717) is 24.5 Å². The third-order valence-electron chi connectivity index (χ3n) is 3.95. The molecule has 0 aliphatic carbocycles. The molecule has 0 saturated carbocycles. The van der Waals surface area contributed by atoms with Crippen LogP contribution in [0, 0.1) is 6.92 Å². The normalized spacial score (nSPS) is 14.8. The van der Waals surface area contributed by atoms with Crippen LogP contribution >= 0.6 is 0 Å². The lowest BCUT2D eigenvalue weighted by Crippen LogP contribution is -2.29. The Labute approximate surface area is 145 Å². The molecule has 25 heavy (non-hydrogen) atoms. The van der Waals surface area contributed by atoms with E-state index >= 15 is 0 Å². The summed E-state index contributed by atoms with van der Waals surface area (Å²) in [5.41, 5.74) is 3.89. The molecule has 2 aromatic rings. The molecule has 2 N–H and O–H groups in total. The molecule has 128 valence electrons. The van der Waals surface area contributed by atoms with Crippen molar-refractivity contribution >= 4 is 23.8 Å². The molecule has 0 unspecified atom stereocenters. The van der Waals surface area contributed by atoms with Crippen LogP contribution in [-0.2, 0) is 22.7 Å². The fourth-order valence-electron chi connectivity index (χ4n) is 2.76. The van der Waals surface area contributed by atoms with E-state index in [1.807, 2.05) is 17.9 Å². The van der Waals surface area contributed by atoms with Gasteiger partial charge < -0.3 is 10.4 Å². The number of benzene rings is 1. The maximum atomic E-state index is 12.1. The highest BCUT2D eigenvalue weighted by atomic mass is 16.4. The van der Waals surface area contributed by atoms with Crippen LogP contribution in [0.1, 0.15) is 22.3 Å². The van der Waals surface area contributed by atoms with Gasteiger partial charge in [-0.15, -0.1) is 0 Å². The first-order valence-electron chi connectivity index (χ1n) is 7.97. The van der Waals surface area contributed by atoms with E-state index in [2.05, 4.69) is 34.6 Å². The largest absolute Gasteiger partial charge is 0.478 e. The van der Waals surface area contributed by atoms with E-state index in [1.54, 1.807) is 6.20 Å². The van der Waals surface area contributed by atoms with E-state index < -0.39 is 5.97 Å². The molecule has 0 bridgehead atoms. The molecular weight excluding hydrogens is 318 g/mol. The zero-order valence-corrected chi connectivity index (χ0v) is 13.9. The summed E-state index contributed by atoms with van der Waals surface area (Å²) in [6.45, 7) is 3.54. The van der Waals surface area contributed by atoms with Gasteiger partial charge in [-0.1, -0.05) is 29.8 Å². The van der Waals surface area contributed by atoms with Gasteiger partial charge in [0.05, 0.1) is 6.54 Å². The van der Waals surface area contributed by atoms with E-state index in [1.165, 1.54) is 11.6 Å². The number of fused-ring (bicyclic) bond motifs is 1. The Balaban J connectivity index is 1.82. The molecule has 1 aliphatic heterocycles. The van der Waals surface area contributed by atoms with Crippen molar-refractivity contribution in [2.24, 2.45) is 0 Å². The molecule has 6 heteroatoms. The van der Waals surface area contributed by atoms with Crippen LogP contribution in [-0.4, -0.2) is 33.4 Å². The second-order valence-corrected chi connectivity index (χ2v) is 6.13. The van der Waals surface area contributed by atoms with Gasteiger partial charge in [0.2, 0.25) is 5.91 Å². The van der Waals surface area contributed by atoms with Gasteiger partial charge >= 0.3 is 5.97 Å². The minimum absolute atomic E-state index is 0.104.